The predicted molar refractivity (Wildman–Crippen MR) is 82.6 cm³/mol. The van der Waals surface area contributed by atoms with Gasteiger partial charge < -0.3 is 9.84 Å². The fourth-order valence-corrected chi connectivity index (χ4v) is 4.93. The average molecular weight is 362 g/mol. The summed E-state index contributed by atoms with van der Waals surface area (Å²) < 4.78 is 5.77. The minimum atomic E-state index is -0.677. The summed E-state index contributed by atoms with van der Waals surface area (Å²) in [5.74, 6) is 0.522. The highest BCUT2D eigenvalue weighted by molar-refractivity contribution is 9.10. The molecule has 0 aromatic heterocycles. The number of thiocarbonyl (C=S) groups is 1. The molecule has 112 valence electrons. The number of ether oxygens (including phenoxy) is 1. The molecule has 2 saturated carbocycles. The van der Waals surface area contributed by atoms with Crippen LogP contribution in [-0.2, 0) is 9.53 Å². The number of carbonyl (C=O) groups is 1. The molecule has 5 atom stereocenters. The second-order valence-electron chi connectivity index (χ2n) is 6.25. The zero-order valence-corrected chi connectivity index (χ0v) is 14.0. The Balaban J connectivity index is 1.81. The summed E-state index contributed by atoms with van der Waals surface area (Å²) in [6.45, 7) is 1.99. The Kier molecular flexibility index (Phi) is 3.84. The number of aliphatic hydroxyl groups is 1. The van der Waals surface area contributed by atoms with E-state index < -0.39 is 10.9 Å². The lowest BCUT2D eigenvalue weighted by molar-refractivity contribution is -0.132. The van der Waals surface area contributed by atoms with Crippen LogP contribution in [-0.4, -0.2) is 43.7 Å². The van der Waals surface area contributed by atoms with Crippen LogP contribution < -0.4 is 0 Å². The van der Waals surface area contributed by atoms with Crippen LogP contribution in [0.3, 0.4) is 0 Å². The maximum absolute atomic E-state index is 12.7. The van der Waals surface area contributed by atoms with Gasteiger partial charge in [0, 0.05) is 0 Å². The van der Waals surface area contributed by atoms with Crippen LogP contribution in [0.5, 0.6) is 0 Å². The van der Waals surface area contributed by atoms with Gasteiger partial charge in [-0.15, -0.1) is 0 Å². The Morgan fingerprint density at radius 3 is 3.10 bits per heavy atom. The first-order valence-electron chi connectivity index (χ1n) is 7.36. The molecule has 0 aromatic rings. The second-order valence-corrected chi connectivity index (χ2v) is 7.59. The van der Waals surface area contributed by atoms with Gasteiger partial charge in [0.2, 0.25) is 5.91 Å². The Morgan fingerprint density at radius 2 is 2.45 bits per heavy atom. The van der Waals surface area contributed by atoms with Gasteiger partial charge in [-0.25, -0.2) is 0 Å². The summed E-state index contributed by atoms with van der Waals surface area (Å²) in [4.78, 5) is 13.8. The number of amides is 1. The fourth-order valence-electron chi connectivity index (χ4n) is 4.07. The van der Waals surface area contributed by atoms with Crippen molar-refractivity contribution in [2.45, 2.75) is 68.0 Å². The molecule has 3 aliphatic rings. The van der Waals surface area contributed by atoms with Crippen molar-refractivity contribution in [2.75, 3.05) is 0 Å². The van der Waals surface area contributed by atoms with Gasteiger partial charge in [0.1, 0.15) is 10.9 Å². The van der Waals surface area contributed by atoms with Gasteiger partial charge in [0.05, 0.1) is 11.6 Å². The first kappa shape index (κ1) is 14.7. The number of fused-ring (bicyclic) bond motifs is 1. The predicted octanol–water partition coefficient (Wildman–Crippen LogP) is 2.37. The van der Waals surface area contributed by atoms with Gasteiger partial charge in [-0.05, 0) is 50.2 Å². The normalized spacial score (nSPS) is 37.8. The smallest absolute Gasteiger partial charge is 0.267 e. The van der Waals surface area contributed by atoms with Crippen LogP contribution in [0.25, 0.3) is 0 Å². The lowest BCUT2D eigenvalue weighted by atomic mass is 9.90. The zero-order valence-electron chi connectivity index (χ0n) is 11.5. The van der Waals surface area contributed by atoms with E-state index in [1.54, 1.807) is 4.90 Å². The highest BCUT2D eigenvalue weighted by atomic mass is 79.9. The number of hydrogen-bond donors (Lipinski definition) is 1. The van der Waals surface area contributed by atoms with E-state index in [1.165, 1.54) is 0 Å². The lowest BCUT2D eigenvalue weighted by Crippen LogP contribution is -2.54. The number of hydrogen-bond acceptors (Lipinski definition) is 4. The van der Waals surface area contributed by atoms with Gasteiger partial charge in [0.15, 0.2) is 0 Å². The van der Waals surface area contributed by atoms with Crippen molar-refractivity contribution in [3.8, 4) is 0 Å². The fraction of sp³-hybridized carbons (Fsp3) is 0.857. The summed E-state index contributed by atoms with van der Waals surface area (Å²) in [6.07, 6.45) is 4.95. The minimum Gasteiger partial charge on any atom is -0.465 e. The molecule has 3 fully saturated rings. The van der Waals surface area contributed by atoms with Gasteiger partial charge in [-0.3, -0.25) is 9.69 Å². The molecule has 0 unspecified atom stereocenters. The summed E-state index contributed by atoms with van der Waals surface area (Å²) >= 11 is 8.63. The Labute approximate surface area is 133 Å². The van der Waals surface area contributed by atoms with Gasteiger partial charge >= 0.3 is 0 Å². The Bertz CT molecular complexity index is 446. The maximum Gasteiger partial charge on any atom is 0.267 e. The summed E-state index contributed by atoms with van der Waals surface area (Å²) in [5.41, 5.74) is -0.225. The maximum atomic E-state index is 12.7. The van der Waals surface area contributed by atoms with Crippen LogP contribution in [0, 0.1) is 5.92 Å². The first-order chi connectivity index (χ1) is 9.49. The van der Waals surface area contributed by atoms with Crippen molar-refractivity contribution < 1.29 is 14.6 Å². The van der Waals surface area contributed by atoms with E-state index in [-0.39, 0.29) is 17.6 Å². The third-order valence-corrected chi connectivity index (χ3v) is 6.30. The van der Waals surface area contributed by atoms with Crippen molar-refractivity contribution in [1.82, 2.24) is 4.90 Å². The molecule has 1 saturated heterocycles. The molecule has 6 heteroatoms. The van der Waals surface area contributed by atoms with Gasteiger partial charge in [0.25, 0.3) is 5.17 Å². The van der Waals surface area contributed by atoms with E-state index in [9.17, 15) is 9.90 Å². The summed E-state index contributed by atoms with van der Waals surface area (Å²) in [6, 6.07) is 0. The van der Waals surface area contributed by atoms with E-state index in [1.807, 2.05) is 6.92 Å². The van der Waals surface area contributed by atoms with E-state index in [0.717, 1.165) is 32.1 Å². The van der Waals surface area contributed by atoms with E-state index in [2.05, 4.69) is 15.9 Å². The van der Waals surface area contributed by atoms with E-state index in [0.29, 0.717) is 17.5 Å². The molecular formula is C14H20BrNO3S. The van der Waals surface area contributed by atoms with Crippen molar-refractivity contribution in [2.24, 2.45) is 5.92 Å². The molecule has 1 amide bonds. The van der Waals surface area contributed by atoms with Crippen LogP contribution in [0.1, 0.15) is 45.4 Å². The quantitative estimate of drug-likeness (QED) is 0.616. The number of alkyl halides is 1. The van der Waals surface area contributed by atoms with Crippen molar-refractivity contribution >= 4 is 39.2 Å². The topological polar surface area (TPSA) is 49.8 Å². The molecule has 2 bridgehead atoms. The SMILES string of the molecule is CCC[C@H](O)[C@@H](Br)C(=O)N1C(=S)O[C@@H]2C[C@@H]3CC[C@]21C3. The van der Waals surface area contributed by atoms with E-state index >= 15 is 0 Å². The van der Waals surface area contributed by atoms with Crippen LogP contribution in [0.2, 0.25) is 0 Å². The highest BCUT2D eigenvalue weighted by Gasteiger charge is 2.64. The molecule has 1 N–H and O–H groups in total. The van der Waals surface area contributed by atoms with Crippen molar-refractivity contribution in [3.05, 3.63) is 0 Å². The Morgan fingerprint density at radius 1 is 1.70 bits per heavy atom. The third-order valence-electron chi connectivity index (χ3n) is 5.02. The van der Waals surface area contributed by atoms with Gasteiger partial charge in [-0.1, -0.05) is 29.3 Å². The number of aliphatic hydroxyl groups excluding tert-OH is 1. The van der Waals surface area contributed by atoms with E-state index in [4.69, 9.17) is 17.0 Å². The summed E-state index contributed by atoms with van der Waals surface area (Å²) in [7, 11) is 0. The minimum absolute atomic E-state index is 0.0701. The van der Waals surface area contributed by atoms with Crippen LogP contribution in [0.4, 0.5) is 0 Å². The van der Waals surface area contributed by atoms with Crippen LogP contribution in [0.15, 0.2) is 0 Å². The molecule has 1 aliphatic heterocycles. The third kappa shape index (κ3) is 2.03. The lowest BCUT2D eigenvalue weighted by Gasteiger charge is -2.34. The number of rotatable bonds is 4. The molecule has 0 aromatic carbocycles. The number of carbonyl (C=O) groups excluding carboxylic acids is 1. The highest BCUT2D eigenvalue weighted by Crippen LogP contribution is 2.56. The van der Waals surface area contributed by atoms with Crippen LogP contribution >= 0.6 is 28.1 Å². The van der Waals surface area contributed by atoms with Crippen molar-refractivity contribution in [3.63, 3.8) is 0 Å². The molecule has 3 rings (SSSR count). The molecule has 4 nitrogen and oxygen atoms in total. The monoisotopic (exact) mass is 361 g/mol. The largest absolute Gasteiger partial charge is 0.465 e. The molecule has 1 spiro atoms. The zero-order chi connectivity index (χ0) is 14.5. The number of nitrogens with zero attached hydrogens (tertiary/aromatic N) is 1. The van der Waals surface area contributed by atoms with Crippen molar-refractivity contribution in [1.29, 1.82) is 0 Å². The summed E-state index contributed by atoms with van der Waals surface area (Å²) in [5, 5.41) is 10.4. The first-order valence-corrected chi connectivity index (χ1v) is 8.69. The number of halogens is 1. The molecular weight excluding hydrogens is 342 g/mol. The molecule has 20 heavy (non-hydrogen) atoms. The van der Waals surface area contributed by atoms with Gasteiger partial charge in [-0.2, -0.15) is 0 Å². The second kappa shape index (κ2) is 5.21. The molecule has 1 heterocycles. The standard InChI is InChI=1S/C14H20BrNO3S/c1-2-3-9(17)11(15)12(18)16-13(20)19-10-6-8-4-5-14(10,16)7-8/h8-11,17H,2-7H2,1H3/t8-,9-,10+,11+,14-/m0/s1. The average Bonchev–Trinajstić information content (AvgIpc) is 3.03. The Hall–Kier alpha value is -0.200. The molecule has 0 radical (unpaired) electrons. The molecule has 2 aliphatic carbocycles.